The molecule has 1 N–H and O–H groups in total. The van der Waals surface area contributed by atoms with E-state index in [0.29, 0.717) is 12.4 Å². The molecule has 3 aromatic rings. The molecule has 134 valence electrons. The van der Waals surface area contributed by atoms with Crippen LogP contribution in [-0.4, -0.2) is 34.6 Å². The van der Waals surface area contributed by atoms with E-state index in [4.69, 9.17) is 9.47 Å². The monoisotopic (exact) mass is 354 g/mol. The molecule has 8 nitrogen and oxygen atoms in total. The van der Waals surface area contributed by atoms with Crippen molar-refractivity contribution in [1.29, 1.82) is 0 Å². The van der Waals surface area contributed by atoms with Crippen LogP contribution in [0.3, 0.4) is 0 Å². The molecule has 1 heterocycles. The molecule has 0 saturated heterocycles. The molecule has 0 aliphatic carbocycles. The number of hydrogen-bond acceptors (Lipinski definition) is 7. The number of nitrogens with one attached hydrogen (secondary N) is 1. The molecule has 8 heteroatoms. The lowest BCUT2D eigenvalue weighted by molar-refractivity contribution is -0.385. The molecular weight excluding hydrogens is 336 g/mol. The van der Waals surface area contributed by atoms with Crippen LogP contribution in [-0.2, 0) is 4.74 Å². The molecule has 0 amide bonds. The second kappa shape index (κ2) is 7.75. The molecule has 0 radical (unpaired) electrons. The molecule has 1 unspecified atom stereocenters. The number of fused-ring (bicyclic) bond motifs is 1. The average Bonchev–Trinajstić information content (AvgIpc) is 2.61. The van der Waals surface area contributed by atoms with Gasteiger partial charge in [0.05, 0.1) is 11.5 Å². The SMILES string of the molecule is COCC(C)Nc1ncnc(Oc2ccc3ccccc3c2)c1[N+](=O)[O-]. The van der Waals surface area contributed by atoms with Gasteiger partial charge in [0, 0.05) is 13.2 Å². The maximum atomic E-state index is 11.6. The van der Waals surface area contributed by atoms with Gasteiger partial charge in [0.1, 0.15) is 12.1 Å². The summed E-state index contributed by atoms with van der Waals surface area (Å²) >= 11 is 0. The maximum absolute atomic E-state index is 11.6. The summed E-state index contributed by atoms with van der Waals surface area (Å²) in [6, 6.07) is 13.0. The predicted molar refractivity (Wildman–Crippen MR) is 97.7 cm³/mol. The van der Waals surface area contributed by atoms with Crippen molar-refractivity contribution in [2.75, 3.05) is 19.0 Å². The lowest BCUT2D eigenvalue weighted by atomic mass is 10.1. The highest BCUT2D eigenvalue weighted by atomic mass is 16.6. The molecular formula is C18H18N4O4. The number of ether oxygens (including phenoxy) is 2. The van der Waals surface area contributed by atoms with Gasteiger partial charge in [-0.2, -0.15) is 4.98 Å². The Labute approximate surface area is 149 Å². The predicted octanol–water partition coefficient (Wildman–Crippen LogP) is 3.78. The van der Waals surface area contributed by atoms with Crippen molar-refractivity contribution in [3.63, 3.8) is 0 Å². The zero-order valence-corrected chi connectivity index (χ0v) is 14.4. The van der Waals surface area contributed by atoms with Gasteiger partial charge >= 0.3 is 11.6 Å². The number of anilines is 1. The molecule has 0 fully saturated rings. The van der Waals surface area contributed by atoms with Crippen molar-refractivity contribution < 1.29 is 14.4 Å². The van der Waals surface area contributed by atoms with E-state index in [1.807, 2.05) is 43.3 Å². The summed E-state index contributed by atoms with van der Waals surface area (Å²) in [5.41, 5.74) is -0.316. The number of nitro groups is 1. The zero-order valence-electron chi connectivity index (χ0n) is 14.4. The van der Waals surface area contributed by atoms with Gasteiger partial charge in [-0.25, -0.2) is 4.98 Å². The van der Waals surface area contributed by atoms with Crippen LogP contribution in [0.2, 0.25) is 0 Å². The highest BCUT2D eigenvalue weighted by Crippen LogP contribution is 2.35. The summed E-state index contributed by atoms with van der Waals surface area (Å²) in [7, 11) is 1.56. The Kier molecular flexibility index (Phi) is 5.23. The topological polar surface area (TPSA) is 99.4 Å². The molecule has 26 heavy (non-hydrogen) atoms. The van der Waals surface area contributed by atoms with Crippen molar-refractivity contribution >= 4 is 22.3 Å². The molecule has 0 saturated carbocycles. The van der Waals surface area contributed by atoms with Crippen LogP contribution in [0.1, 0.15) is 6.92 Å². The van der Waals surface area contributed by atoms with E-state index in [9.17, 15) is 10.1 Å². The molecule has 1 atom stereocenters. The first-order valence-electron chi connectivity index (χ1n) is 8.00. The first-order chi connectivity index (χ1) is 12.6. The number of aromatic nitrogens is 2. The fourth-order valence-corrected chi connectivity index (χ4v) is 2.58. The van der Waals surface area contributed by atoms with Gasteiger partial charge < -0.3 is 14.8 Å². The second-order valence-electron chi connectivity index (χ2n) is 5.74. The van der Waals surface area contributed by atoms with Crippen LogP contribution < -0.4 is 10.1 Å². The van der Waals surface area contributed by atoms with Crippen LogP contribution in [0.15, 0.2) is 48.8 Å². The normalized spacial score (nSPS) is 11.9. The van der Waals surface area contributed by atoms with Gasteiger partial charge in [-0.15, -0.1) is 0 Å². The number of benzene rings is 2. The molecule has 0 spiro atoms. The van der Waals surface area contributed by atoms with Crippen LogP contribution in [0.5, 0.6) is 11.6 Å². The van der Waals surface area contributed by atoms with Gasteiger partial charge in [0.25, 0.3) is 0 Å². The van der Waals surface area contributed by atoms with E-state index < -0.39 is 4.92 Å². The Bertz CT molecular complexity index is 932. The Balaban J connectivity index is 1.94. The number of nitrogens with zero attached hydrogens (tertiary/aromatic N) is 3. The fourth-order valence-electron chi connectivity index (χ4n) is 2.58. The minimum absolute atomic E-state index is 0.0883. The van der Waals surface area contributed by atoms with E-state index in [2.05, 4.69) is 15.3 Å². The van der Waals surface area contributed by atoms with Crippen molar-refractivity contribution in [3.8, 4) is 11.6 Å². The van der Waals surface area contributed by atoms with Crippen LogP contribution >= 0.6 is 0 Å². The van der Waals surface area contributed by atoms with Gasteiger partial charge in [-0.05, 0) is 29.8 Å². The summed E-state index contributed by atoms with van der Waals surface area (Å²) in [6.07, 6.45) is 1.23. The second-order valence-corrected chi connectivity index (χ2v) is 5.74. The lowest BCUT2D eigenvalue weighted by Crippen LogP contribution is -2.22. The van der Waals surface area contributed by atoms with Crippen LogP contribution in [0, 0.1) is 10.1 Å². The third-order valence-electron chi connectivity index (χ3n) is 3.71. The Morgan fingerprint density at radius 1 is 1.19 bits per heavy atom. The minimum atomic E-state index is -0.557. The number of methoxy groups -OCH3 is 1. The van der Waals surface area contributed by atoms with Crippen molar-refractivity contribution in [1.82, 2.24) is 9.97 Å². The van der Waals surface area contributed by atoms with Gasteiger partial charge in [-0.3, -0.25) is 10.1 Å². The lowest BCUT2D eigenvalue weighted by Gasteiger charge is -2.14. The Morgan fingerprint density at radius 3 is 2.69 bits per heavy atom. The van der Waals surface area contributed by atoms with Gasteiger partial charge in [-0.1, -0.05) is 30.3 Å². The van der Waals surface area contributed by atoms with E-state index in [0.717, 1.165) is 10.8 Å². The van der Waals surface area contributed by atoms with E-state index in [1.54, 1.807) is 13.2 Å². The van der Waals surface area contributed by atoms with Crippen LogP contribution in [0.4, 0.5) is 11.5 Å². The molecule has 0 aliphatic rings. The highest BCUT2D eigenvalue weighted by molar-refractivity contribution is 5.83. The standard InChI is InChI=1S/C18H18N4O4/c1-12(10-25-2)21-17-16(22(23)24)18(20-11-19-17)26-15-8-7-13-5-3-4-6-14(13)9-15/h3-9,11-12H,10H2,1-2H3,(H,19,20,21). The van der Waals surface area contributed by atoms with Gasteiger partial charge in [0.2, 0.25) is 5.82 Å². The largest absolute Gasteiger partial charge is 0.434 e. The summed E-state index contributed by atoms with van der Waals surface area (Å²) < 4.78 is 10.7. The van der Waals surface area contributed by atoms with Crippen molar-refractivity contribution in [2.24, 2.45) is 0 Å². The third kappa shape index (κ3) is 3.86. The van der Waals surface area contributed by atoms with Gasteiger partial charge in [0.15, 0.2) is 0 Å². The first kappa shape index (κ1) is 17.6. The van der Waals surface area contributed by atoms with Crippen LogP contribution in [0.25, 0.3) is 10.8 Å². The Morgan fingerprint density at radius 2 is 1.96 bits per heavy atom. The molecule has 1 aromatic heterocycles. The minimum Gasteiger partial charge on any atom is -0.434 e. The van der Waals surface area contributed by atoms with E-state index in [1.165, 1.54) is 6.33 Å². The molecule has 0 bridgehead atoms. The fraction of sp³-hybridized carbons (Fsp3) is 0.222. The zero-order chi connectivity index (χ0) is 18.5. The quantitative estimate of drug-likeness (QED) is 0.509. The number of rotatable bonds is 7. The third-order valence-corrected chi connectivity index (χ3v) is 3.71. The van der Waals surface area contributed by atoms with Crippen molar-refractivity contribution in [3.05, 3.63) is 58.9 Å². The molecule has 3 rings (SSSR count). The highest BCUT2D eigenvalue weighted by Gasteiger charge is 2.26. The van der Waals surface area contributed by atoms with E-state index in [-0.39, 0.29) is 23.4 Å². The smallest absolute Gasteiger partial charge is 0.373 e. The molecule has 0 aliphatic heterocycles. The van der Waals surface area contributed by atoms with E-state index >= 15 is 0 Å². The summed E-state index contributed by atoms with van der Waals surface area (Å²) in [5, 5.41) is 16.5. The summed E-state index contributed by atoms with van der Waals surface area (Å²) in [6.45, 7) is 2.21. The average molecular weight is 354 g/mol. The molecule has 2 aromatic carbocycles. The Hall–Kier alpha value is -3.26. The summed E-state index contributed by atoms with van der Waals surface area (Å²) in [5.74, 6) is 0.430. The first-order valence-corrected chi connectivity index (χ1v) is 8.00. The number of hydrogen-bond donors (Lipinski definition) is 1. The van der Waals surface area contributed by atoms with Crippen molar-refractivity contribution in [2.45, 2.75) is 13.0 Å². The maximum Gasteiger partial charge on any atom is 0.373 e. The summed E-state index contributed by atoms with van der Waals surface area (Å²) in [4.78, 5) is 18.9.